The molecule has 0 aliphatic carbocycles. The molecule has 0 bridgehead atoms. The molecular weight excluding hydrogens is 631 g/mol. The third-order valence-electron chi connectivity index (χ3n) is 8.74. The van der Waals surface area contributed by atoms with Crippen molar-refractivity contribution in [2.24, 2.45) is 0 Å². The Labute approximate surface area is 279 Å². The number of para-hydroxylation sites is 2. The fraction of sp³-hybridized carbons (Fsp3) is 0.108. The second-order valence-corrected chi connectivity index (χ2v) is 12.4. The van der Waals surface area contributed by atoms with E-state index in [-0.39, 0.29) is 17.4 Å². The Hall–Kier alpha value is -5.87. The lowest BCUT2D eigenvalue weighted by Crippen LogP contribution is -2.59. The van der Waals surface area contributed by atoms with Crippen molar-refractivity contribution in [2.45, 2.75) is 25.4 Å². The maximum Gasteiger partial charge on any atom is 0.255 e. The van der Waals surface area contributed by atoms with Crippen LogP contribution in [-0.2, 0) is 10.5 Å². The molecule has 2 atom stereocenters. The number of carbonyl (C=O) groups excluding carboxylic acids is 1. The highest BCUT2D eigenvalue weighted by molar-refractivity contribution is 6.30. The summed E-state index contributed by atoms with van der Waals surface area (Å²) < 4.78 is 24.2. The van der Waals surface area contributed by atoms with Gasteiger partial charge in [0.25, 0.3) is 5.91 Å². The highest BCUT2D eigenvalue weighted by Crippen LogP contribution is 2.49. The van der Waals surface area contributed by atoms with Crippen LogP contribution in [0.2, 0.25) is 5.02 Å². The molecule has 238 valence electrons. The summed E-state index contributed by atoms with van der Waals surface area (Å²) in [6.45, 7) is 3.60. The SMILES string of the molecule is Cc1nn(-c2ccccc2)c2c1C(c1cn(-c3ccccc3)nc1-c1ccc(F)cc1)C1=C(NC(C)(c3cc(Cl)ccc3O)NC1=O)O2. The minimum atomic E-state index is -1.30. The Morgan fingerprint density at radius 1 is 0.917 bits per heavy atom. The standard InChI is InChI=1S/C37H28ClFN6O3/c1-21-30-31(27-20-44(25-9-5-3-6-10-25)43-33(27)22-13-16-24(39)17-14-22)32-34(47)40-37(2,28-19-23(38)15-18-29(28)46)41-35(32)48-36(30)45(42-21)26-11-7-4-8-12-26/h3-20,31,41,46H,1-2H3,(H,40,47). The number of fused-ring (bicyclic) bond motifs is 1. The number of aryl methyl sites for hydroxylation is 1. The molecule has 2 aromatic heterocycles. The van der Waals surface area contributed by atoms with Gasteiger partial charge in [-0.1, -0.05) is 48.0 Å². The van der Waals surface area contributed by atoms with Gasteiger partial charge >= 0.3 is 0 Å². The predicted octanol–water partition coefficient (Wildman–Crippen LogP) is 6.86. The van der Waals surface area contributed by atoms with E-state index in [0.29, 0.717) is 50.1 Å². The van der Waals surface area contributed by atoms with Gasteiger partial charge in [0.2, 0.25) is 11.8 Å². The van der Waals surface area contributed by atoms with Gasteiger partial charge in [0.15, 0.2) is 0 Å². The second-order valence-electron chi connectivity index (χ2n) is 11.9. The summed E-state index contributed by atoms with van der Waals surface area (Å²) in [4.78, 5) is 14.5. The van der Waals surface area contributed by atoms with E-state index in [2.05, 4.69) is 10.6 Å². The number of aromatic hydroxyl groups is 1. The first-order chi connectivity index (χ1) is 23.2. The maximum atomic E-state index is 14.5. The molecule has 0 radical (unpaired) electrons. The first-order valence-electron chi connectivity index (χ1n) is 15.3. The number of carbonyl (C=O) groups is 1. The molecular formula is C37H28ClFN6O3. The molecule has 3 N–H and O–H groups in total. The van der Waals surface area contributed by atoms with Crippen LogP contribution in [0.5, 0.6) is 11.6 Å². The van der Waals surface area contributed by atoms with E-state index in [4.69, 9.17) is 26.5 Å². The fourth-order valence-electron chi connectivity index (χ4n) is 6.50. The van der Waals surface area contributed by atoms with Crippen LogP contribution >= 0.6 is 11.6 Å². The summed E-state index contributed by atoms with van der Waals surface area (Å²) in [5.41, 5.74) is 4.17. The van der Waals surface area contributed by atoms with Crippen LogP contribution in [-0.4, -0.2) is 30.6 Å². The first kappa shape index (κ1) is 29.5. The minimum absolute atomic E-state index is 0.0558. The number of rotatable bonds is 5. The fourth-order valence-corrected chi connectivity index (χ4v) is 6.67. The minimum Gasteiger partial charge on any atom is -0.508 e. The molecule has 8 rings (SSSR count). The van der Waals surface area contributed by atoms with Gasteiger partial charge in [-0.15, -0.1) is 0 Å². The van der Waals surface area contributed by atoms with E-state index in [1.807, 2.05) is 73.8 Å². The summed E-state index contributed by atoms with van der Waals surface area (Å²) in [5, 5.41) is 27.5. The first-order valence-corrected chi connectivity index (χ1v) is 15.7. The number of phenols is 1. The average Bonchev–Trinajstić information content (AvgIpc) is 3.67. The Bertz CT molecular complexity index is 2250. The van der Waals surface area contributed by atoms with E-state index in [0.717, 1.165) is 11.4 Å². The number of hydrogen-bond acceptors (Lipinski definition) is 6. The van der Waals surface area contributed by atoms with Crippen LogP contribution in [0.4, 0.5) is 4.39 Å². The number of nitrogens with zero attached hydrogens (tertiary/aromatic N) is 4. The number of ether oxygens (including phenoxy) is 1. The lowest BCUT2D eigenvalue weighted by Gasteiger charge is -2.42. The second kappa shape index (κ2) is 11.1. The number of hydrogen-bond donors (Lipinski definition) is 3. The molecule has 0 fully saturated rings. The monoisotopic (exact) mass is 658 g/mol. The molecule has 9 nitrogen and oxygen atoms in total. The van der Waals surface area contributed by atoms with Crippen molar-refractivity contribution in [1.82, 2.24) is 30.2 Å². The maximum absolute atomic E-state index is 14.5. The molecule has 6 aromatic rings. The zero-order valence-electron chi connectivity index (χ0n) is 25.8. The van der Waals surface area contributed by atoms with Gasteiger partial charge < -0.3 is 20.5 Å². The third kappa shape index (κ3) is 4.80. The number of aromatic nitrogens is 4. The summed E-state index contributed by atoms with van der Waals surface area (Å²) in [7, 11) is 0. The smallest absolute Gasteiger partial charge is 0.255 e. The largest absolute Gasteiger partial charge is 0.508 e. The quantitative estimate of drug-likeness (QED) is 0.187. The molecule has 48 heavy (non-hydrogen) atoms. The molecule has 2 aliphatic rings. The lowest BCUT2D eigenvalue weighted by molar-refractivity contribution is -0.121. The highest BCUT2D eigenvalue weighted by Gasteiger charge is 2.48. The molecule has 4 aromatic carbocycles. The highest BCUT2D eigenvalue weighted by atomic mass is 35.5. The Morgan fingerprint density at radius 2 is 1.60 bits per heavy atom. The molecule has 1 amide bonds. The molecule has 2 aliphatic heterocycles. The zero-order chi connectivity index (χ0) is 33.2. The van der Waals surface area contributed by atoms with Crippen molar-refractivity contribution in [3.8, 4) is 34.3 Å². The van der Waals surface area contributed by atoms with E-state index >= 15 is 0 Å². The summed E-state index contributed by atoms with van der Waals surface area (Å²) >= 11 is 6.33. The van der Waals surface area contributed by atoms with Crippen molar-refractivity contribution >= 4 is 17.5 Å². The zero-order valence-corrected chi connectivity index (χ0v) is 26.5. The van der Waals surface area contributed by atoms with Gasteiger partial charge in [0.05, 0.1) is 39.8 Å². The summed E-state index contributed by atoms with van der Waals surface area (Å²) in [6.07, 6.45) is 1.89. The molecule has 2 unspecified atom stereocenters. The Balaban J connectivity index is 1.39. The molecule has 4 heterocycles. The van der Waals surface area contributed by atoms with Crippen LogP contribution in [0, 0.1) is 12.7 Å². The molecule has 11 heteroatoms. The number of benzene rings is 4. The molecule has 0 spiro atoms. The Morgan fingerprint density at radius 3 is 2.31 bits per heavy atom. The van der Waals surface area contributed by atoms with E-state index < -0.39 is 17.5 Å². The van der Waals surface area contributed by atoms with Gasteiger partial charge in [-0.25, -0.2) is 13.8 Å². The van der Waals surface area contributed by atoms with Crippen LogP contribution in [0.15, 0.2) is 121 Å². The lowest BCUT2D eigenvalue weighted by atomic mass is 9.81. The van der Waals surface area contributed by atoms with Crippen molar-refractivity contribution < 1.29 is 19.0 Å². The van der Waals surface area contributed by atoms with Gasteiger partial charge in [-0.2, -0.15) is 10.2 Å². The van der Waals surface area contributed by atoms with E-state index in [9.17, 15) is 14.3 Å². The number of nitrogens with one attached hydrogen (secondary N) is 2. The molecule has 0 saturated carbocycles. The topological polar surface area (TPSA) is 106 Å². The van der Waals surface area contributed by atoms with Gasteiger partial charge in [-0.3, -0.25) is 4.79 Å². The van der Waals surface area contributed by atoms with Gasteiger partial charge in [0.1, 0.15) is 17.2 Å². The number of halogens is 2. The van der Waals surface area contributed by atoms with Crippen LogP contribution in [0.25, 0.3) is 22.6 Å². The van der Waals surface area contributed by atoms with Crippen LogP contribution in [0.1, 0.15) is 35.2 Å². The third-order valence-corrected chi connectivity index (χ3v) is 8.98. The van der Waals surface area contributed by atoms with Crippen molar-refractivity contribution in [2.75, 3.05) is 0 Å². The van der Waals surface area contributed by atoms with Crippen molar-refractivity contribution in [3.05, 3.63) is 154 Å². The van der Waals surface area contributed by atoms with Gasteiger partial charge in [0, 0.05) is 27.9 Å². The number of amides is 1. The van der Waals surface area contributed by atoms with E-state index in [1.165, 1.54) is 18.2 Å². The van der Waals surface area contributed by atoms with Crippen molar-refractivity contribution in [3.63, 3.8) is 0 Å². The van der Waals surface area contributed by atoms with Crippen LogP contribution in [0.3, 0.4) is 0 Å². The van der Waals surface area contributed by atoms with Crippen LogP contribution < -0.4 is 15.4 Å². The normalized spacial score (nSPS) is 18.4. The molecule has 0 saturated heterocycles. The van der Waals surface area contributed by atoms with Gasteiger partial charge in [-0.05, 0) is 80.6 Å². The summed E-state index contributed by atoms with van der Waals surface area (Å²) in [5.74, 6) is -0.970. The predicted molar refractivity (Wildman–Crippen MR) is 179 cm³/mol. The summed E-state index contributed by atoms with van der Waals surface area (Å²) in [6, 6.07) is 29.9. The van der Waals surface area contributed by atoms with E-state index in [1.54, 1.807) is 40.6 Å². The van der Waals surface area contributed by atoms with Crippen molar-refractivity contribution in [1.29, 1.82) is 0 Å². The average molecular weight is 659 g/mol. The number of phenolic OH excluding ortho intramolecular Hbond substituents is 1. The Kier molecular flexibility index (Phi) is 6.85.